The second-order valence-corrected chi connectivity index (χ2v) is 5.68. The van der Waals surface area contributed by atoms with E-state index in [-0.39, 0.29) is 11.3 Å². The maximum Gasteiger partial charge on any atom is 0.222 e. The van der Waals surface area contributed by atoms with E-state index in [4.69, 9.17) is 14.1 Å². The summed E-state index contributed by atoms with van der Waals surface area (Å²) in [4.78, 5) is 0. The van der Waals surface area contributed by atoms with Crippen LogP contribution >= 0.6 is 45.2 Å². The van der Waals surface area contributed by atoms with Gasteiger partial charge in [-0.05, 0) is 51.2 Å². The topological polar surface area (TPSA) is 73.9 Å². The van der Waals surface area contributed by atoms with Gasteiger partial charge in [0.05, 0.1) is 18.8 Å². The molecule has 0 atom stereocenters. The Labute approximate surface area is 128 Å². The average molecular weight is 460 g/mol. The predicted molar refractivity (Wildman–Crippen MR) is 80.9 cm³/mol. The summed E-state index contributed by atoms with van der Waals surface area (Å²) in [5.74, 6) is 0.0518. The first-order valence-electron chi connectivity index (χ1n) is 4.80. The zero-order valence-electron chi connectivity index (χ0n) is 8.62. The second kappa shape index (κ2) is 4.14. The van der Waals surface area contributed by atoms with Crippen LogP contribution in [-0.2, 0) is 0 Å². The summed E-state index contributed by atoms with van der Waals surface area (Å²) in [6.45, 7) is 0. The van der Waals surface area contributed by atoms with Gasteiger partial charge >= 0.3 is 0 Å². The molecule has 0 saturated heterocycles. The average Bonchev–Trinajstić information content (AvgIpc) is 2.99. The van der Waals surface area contributed by atoms with E-state index in [0.29, 0.717) is 16.6 Å². The van der Waals surface area contributed by atoms with Crippen molar-refractivity contribution in [2.45, 2.75) is 0 Å². The standard InChI is InChI=1S/C12H2I2N2O2/c13-9-5-1-2-17-11(5)10(14)8-6(3-15)7(4-16)18-12(8)9/h1-2H. The fraction of sp³-hybridized carbons (Fsp3) is 0. The zero-order valence-corrected chi connectivity index (χ0v) is 12.9. The van der Waals surface area contributed by atoms with Crippen molar-refractivity contribution in [2.24, 2.45) is 0 Å². The molecule has 0 aliphatic rings. The first-order chi connectivity index (χ1) is 8.69. The van der Waals surface area contributed by atoms with E-state index in [1.165, 1.54) is 0 Å². The molecule has 18 heavy (non-hydrogen) atoms. The maximum absolute atomic E-state index is 9.18. The second-order valence-electron chi connectivity index (χ2n) is 3.53. The lowest BCUT2D eigenvalue weighted by molar-refractivity contribution is 0.595. The molecule has 3 aromatic rings. The molecule has 0 aliphatic carbocycles. The third kappa shape index (κ3) is 1.39. The smallest absolute Gasteiger partial charge is 0.222 e. The summed E-state index contributed by atoms with van der Waals surface area (Å²) < 4.78 is 12.6. The SMILES string of the molecule is N#Cc1oc2c(I)c3ccoc3c(I)c2c1C#N. The normalized spacial score (nSPS) is 10.7. The van der Waals surface area contributed by atoms with Gasteiger partial charge in [-0.1, -0.05) is 0 Å². The van der Waals surface area contributed by atoms with Crippen molar-refractivity contribution in [3.8, 4) is 12.1 Å². The summed E-state index contributed by atoms with van der Waals surface area (Å²) >= 11 is 4.25. The van der Waals surface area contributed by atoms with E-state index in [2.05, 4.69) is 45.2 Å². The van der Waals surface area contributed by atoms with Gasteiger partial charge in [0.25, 0.3) is 0 Å². The van der Waals surface area contributed by atoms with E-state index in [1.54, 1.807) is 6.26 Å². The van der Waals surface area contributed by atoms with Crippen LogP contribution in [0.4, 0.5) is 0 Å². The molecule has 0 N–H and O–H groups in total. The number of hydrogen-bond acceptors (Lipinski definition) is 4. The Balaban J connectivity index is 2.68. The Hall–Kier alpha value is -1.26. The Morgan fingerprint density at radius 2 is 1.83 bits per heavy atom. The summed E-state index contributed by atoms with van der Waals surface area (Å²) in [7, 11) is 0. The van der Waals surface area contributed by atoms with E-state index in [0.717, 1.165) is 12.5 Å². The molecule has 0 bridgehead atoms. The van der Waals surface area contributed by atoms with Gasteiger partial charge in [-0.2, -0.15) is 10.5 Å². The minimum atomic E-state index is 0.0518. The van der Waals surface area contributed by atoms with Crippen molar-refractivity contribution in [3.63, 3.8) is 0 Å². The van der Waals surface area contributed by atoms with Crippen molar-refractivity contribution in [3.05, 3.63) is 30.8 Å². The van der Waals surface area contributed by atoms with Crippen LogP contribution in [0, 0.1) is 29.8 Å². The van der Waals surface area contributed by atoms with Gasteiger partial charge < -0.3 is 8.83 Å². The Morgan fingerprint density at radius 3 is 2.50 bits per heavy atom. The van der Waals surface area contributed by atoms with Crippen LogP contribution in [0.5, 0.6) is 0 Å². The van der Waals surface area contributed by atoms with Gasteiger partial charge in [0.15, 0.2) is 5.58 Å². The van der Waals surface area contributed by atoms with Gasteiger partial charge in [0, 0.05) is 5.39 Å². The fourth-order valence-corrected chi connectivity index (χ4v) is 3.61. The Bertz CT molecular complexity index is 878. The maximum atomic E-state index is 9.18. The highest BCUT2D eigenvalue weighted by molar-refractivity contribution is 14.1. The third-order valence-corrected chi connectivity index (χ3v) is 4.74. The first kappa shape index (κ1) is 11.8. The molecule has 0 fully saturated rings. The molecule has 0 amide bonds. The van der Waals surface area contributed by atoms with Crippen LogP contribution in [0.1, 0.15) is 11.3 Å². The lowest BCUT2D eigenvalue weighted by Crippen LogP contribution is -1.83. The Kier molecular flexibility index (Phi) is 2.72. The molecular formula is C12H2I2N2O2. The number of nitrogens with zero attached hydrogens (tertiary/aromatic N) is 2. The molecule has 0 unspecified atom stereocenters. The van der Waals surface area contributed by atoms with Crippen molar-refractivity contribution in [1.82, 2.24) is 0 Å². The molecule has 2 aromatic heterocycles. The van der Waals surface area contributed by atoms with Gasteiger partial charge in [-0.25, -0.2) is 0 Å². The van der Waals surface area contributed by atoms with Crippen molar-refractivity contribution < 1.29 is 8.83 Å². The highest BCUT2D eigenvalue weighted by Gasteiger charge is 2.23. The van der Waals surface area contributed by atoms with Gasteiger partial charge in [0.2, 0.25) is 5.76 Å². The van der Waals surface area contributed by atoms with Crippen molar-refractivity contribution in [1.29, 1.82) is 10.5 Å². The third-order valence-electron chi connectivity index (χ3n) is 2.64. The molecule has 6 heteroatoms. The molecule has 0 spiro atoms. The molecular weight excluding hydrogens is 458 g/mol. The fourth-order valence-electron chi connectivity index (χ4n) is 1.87. The predicted octanol–water partition coefficient (Wildman–Crippen LogP) is 4.13. The number of benzene rings is 1. The number of fused-ring (bicyclic) bond motifs is 2. The molecule has 2 heterocycles. The van der Waals surface area contributed by atoms with E-state index >= 15 is 0 Å². The highest BCUT2D eigenvalue weighted by Crippen LogP contribution is 2.39. The molecule has 3 rings (SSSR count). The van der Waals surface area contributed by atoms with Crippen LogP contribution in [0.15, 0.2) is 21.2 Å². The minimum Gasteiger partial charge on any atom is -0.463 e. The van der Waals surface area contributed by atoms with Gasteiger partial charge in [-0.15, -0.1) is 0 Å². The summed E-state index contributed by atoms with van der Waals surface area (Å²) in [6.07, 6.45) is 1.60. The summed E-state index contributed by atoms with van der Waals surface area (Å²) in [6, 6.07) is 5.79. The van der Waals surface area contributed by atoms with E-state index in [9.17, 15) is 5.26 Å². The van der Waals surface area contributed by atoms with Crippen LogP contribution in [0.2, 0.25) is 0 Å². The molecule has 0 aliphatic heterocycles. The highest BCUT2D eigenvalue weighted by atomic mass is 127. The molecule has 86 valence electrons. The summed E-state index contributed by atoms with van der Waals surface area (Å²) in [5.41, 5.74) is 1.56. The summed E-state index contributed by atoms with van der Waals surface area (Å²) in [5, 5.41) is 19.8. The molecule has 0 radical (unpaired) electrons. The lowest BCUT2D eigenvalue weighted by Gasteiger charge is -1.99. The number of nitriles is 2. The lowest BCUT2D eigenvalue weighted by atomic mass is 10.1. The quantitative estimate of drug-likeness (QED) is 0.474. The van der Waals surface area contributed by atoms with Crippen LogP contribution in [0.25, 0.3) is 21.9 Å². The van der Waals surface area contributed by atoms with Crippen molar-refractivity contribution in [2.75, 3.05) is 0 Å². The van der Waals surface area contributed by atoms with Gasteiger partial charge in [0.1, 0.15) is 23.3 Å². The number of rotatable bonds is 0. The number of hydrogen-bond donors (Lipinski definition) is 0. The molecule has 1 aromatic carbocycles. The van der Waals surface area contributed by atoms with E-state index in [1.807, 2.05) is 18.2 Å². The van der Waals surface area contributed by atoms with Crippen LogP contribution in [0.3, 0.4) is 0 Å². The number of halogens is 2. The minimum absolute atomic E-state index is 0.0518. The first-order valence-corrected chi connectivity index (χ1v) is 6.95. The largest absolute Gasteiger partial charge is 0.463 e. The zero-order chi connectivity index (χ0) is 12.9. The Morgan fingerprint density at radius 1 is 1.06 bits per heavy atom. The molecule has 4 nitrogen and oxygen atoms in total. The van der Waals surface area contributed by atoms with E-state index < -0.39 is 0 Å². The van der Waals surface area contributed by atoms with Crippen LogP contribution < -0.4 is 0 Å². The molecule has 0 saturated carbocycles. The van der Waals surface area contributed by atoms with Crippen molar-refractivity contribution >= 4 is 67.1 Å². The monoisotopic (exact) mass is 460 g/mol. The number of furan rings is 2. The van der Waals surface area contributed by atoms with Crippen LogP contribution in [-0.4, -0.2) is 0 Å². The van der Waals surface area contributed by atoms with Gasteiger partial charge in [-0.3, -0.25) is 0 Å².